The van der Waals surface area contributed by atoms with E-state index in [1.807, 2.05) is 42.5 Å². The Balaban J connectivity index is 1.57. The normalized spacial score (nSPS) is 12.3. The molecule has 0 aliphatic carbocycles. The molecular formula is C26H25N3O4S. The molecule has 1 atom stereocenters. The van der Waals surface area contributed by atoms with Crippen molar-refractivity contribution in [1.82, 2.24) is 15.0 Å². The van der Waals surface area contributed by atoms with E-state index in [0.717, 1.165) is 11.1 Å². The van der Waals surface area contributed by atoms with Gasteiger partial charge in [-0.3, -0.25) is 9.78 Å². The molecule has 34 heavy (non-hydrogen) atoms. The zero-order valence-electron chi connectivity index (χ0n) is 18.6. The molecule has 0 spiro atoms. The molecule has 174 valence electrons. The van der Waals surface area contributed by atoms with E-state index in [0.29, 0.717) is 16.7 Å². The molecule has 0 aliphatic heterocycles. The Morgan fingerprint density at radius 1 is 0.912 bits per heavy atom. The molecule has 1 aromatic heterocycles. The van der Waals surface area contributed by atoms with Gasteiger partial charge in [0, 0.05) is 18.1 Å². The van der Waals surface area contributed by atoms with Crippen molar-refractivity contribution in [2.45, 2.75) is 23.9 Å². The van der Waals surface area contributed by atoms with Crippen molar-refractivity contribution in [2.75, 3.05) is 7.11 Å². The number of rotatable bonds is 9. The molecule has 7 nitrogen and oxygen atoms in total. The molecule has 0 saturated carbocycles. The maximum atomic E-state index is 13.4. The van der Waals surface area contributed by atoms with E-state index in [4.69, 9.17) is 4.74 Å². The fraction of sp³-hybridized carbons (Fsp3) is 0.154. The summed E-state index contributed by atoms with van der Waals surface area (Å²) >= 11 is 0. The highest BCUT2D eigenvalue weighted by Gasteiger charge is 2.27. The summed E-state index contributed by atoms with van der Waals surface area (Å²) in [6, 6.07) is 24.1. The standard InChI is InChI=1S/C26H25N3O4S/c1-33-22-14-12-20(13-15-22)18-28-26(30)23(17-19-7-3-2-4-8-19)29-34(31,32)24-11-5-9-21-10-6-16-27-25(21)24/h2-16,23,29H,17-18H2,1H3,(H,28,30)/t23-/m1/s1. The zero-order chi connectivity index (χ0) is 24.0. The molecule has 3 aromatic carbocycles. The maximum absolute atomic E-state index is 13.4. The Hall–Kier alpha value is -3.75. The molecule has 0 fully saturated rings. The van der Waals surface area contributed by atoms with Gasteiger partial charge < -0.3 is 10.1 Å². The number of hydrogen-bond acceptors (Lipinski definition) is 5. The minimum absolute atomic E-state index is 0.0339. The molecular weight excluding hydrogens is 450 g/mol. The van der Waals surface area contributed by atoms with Crippen LogP contribution in [0.3, 0.4) is 0 Å². The van der Waals surface area contributed by atoms with E-state index < -0.39 is 22.0 Å². The number of amides is 1. The first-order valence-electron chi connectivity index (χ1n) is 10.8. The maximum Gasteiger partial charge on any atom is 0.243 e. The van der Waals surface area contributed by atoms with E-state index in [2.05, 4.69) is 15.0 Å². The van der Waals surface area contributed by atoms with E-state index >= 15 is 0 Å². The average molecular weight is 476 g/mol. The number of hydrogen-bond donors (Lipinski definition) is 2. The van der Waals surface area contributed by atoms with Crippen molar-refractivity contribution in [3.05, 3.63) is 102 Å². The minimum atomic E-state index is -4.03. The number of methoxy groups -OCH3 is 1. The van der Waals surface area contributed by atoms with Crippen molar-refractivity contribution >= 4 is 26.8 Å². The number of carbonyl (C=O) groups is 1. The zero-order valence-corrected chi connectivity index (χ0v) is 19.5. The van der Waals surface area contributed by atoms with E-state index in [-0.39, 0.29) is 17.9 Å². The van der Waals surface area contributed by atoms with Gasteiger partial charge in [-0.15, -0.1) is 0 Å². The van der Waals surface area contributed by atoms with Crippen LogP contribution in [0, 0.1) is 0 Å². The highest BCUT2D eigenvalue weighted by molar-refractivity contribution is 7.89. The van der Waals surface area contributed by atoms with Gasteiger partial charge >= 0.3 is 0 Å². The second-order valence-electron chi connectivity index (χ2n) is 7.76. The number of para-hydroxylation sites is 1. The van der Waals surface area contributed by atoms with Crippen molar-refractivity contribution in [3.8, 4) is 5.75 Å². The number of benzene rings is 3. The second-order valence-corrected chi connectivity index (χ2v) is 9.44. The van der Waals surface area contributed by atoms with Crippen molar-refractivity contribution in [3.63, 3.8) is 0 Å². The van der Waals surface area contributed by atoms with Gasteiger partial charge in [-0.25, -0.2) is 8.42 Å². The molecule has 4 aromatic rings. The summed E-state index contributed by atoms with van der Waals surface area (Å²) < 4.78 is 34.5. The minimum Gasteiger partial charge on any atom is -0.497 e. The molecule has 1 heterocycles. The van der Waals surface area contributed by atoms with Crippen molar-refractivity contribution in [1.29, 1.82) is 0 Å². The monoisotopic (exact) mass is 475 g/mol. The predicted octanol–water partition coefficient (Wildman–Crippen LogP) is 3.45. The lowest BCUT2D eigenvalue weighted by atomic mass is 10.1. The number of ether oxygens (including phenoxy) is 1. The van der Waals surface area contributed by atoms with Gasteiger partial charge in [0.15, 0.2) is 0 Å². The van der Waals surface area contributed by atoms with Crippen molar-refractivity contribution in [2.24, 2.45) is 0 Å². The lowest BCUT2D eigenvalue weighted by Gasteiger charge is -2.19. The van der Waals surface area contributed by atoms with E-state index in [9.17, 15) is 13.2 Å². The number of carbonyl (C=O) groups excluding carboxylic acids is 1. The highest BCUT2D eigenvalue weighted by Crippen LogP contribution is 2.21. The molecule has 0 radical (unpaired) electrons. The van der Waals surface area contributed by atoms with Crippen LogP contribution in [0.5, 0.6) is 5.75 Å². The Bertz CT molecular complexity index is 1370. The fourth-order valence-corrected chi connectivity index (χ4v) is 5.01. The van der Waals surface area contributed by atoms with Crippen LogP contribution in [0.4, 0.5) is 0 Å². The molecule has 0 unspecified atom stereocenters. The molecule has 4 rings (SSSR count). The van der Waals surface area contributed by atoms with Gasteiger partial charge in [0.05, 0.1) is 12.6 Å². The van der Waals surface area contributed by atoms with Crippen LogP contribution >= 0.6 is 0 Å². The molecule has 1 amide bonds. The summed E-state index contributed by atoms with van der Waals surface area (Å²) in [6.07, 6.45) is 1.75. The topological polar surface area (TPSA) is 97.4 Å². The predicted molar refractivity (Wildman–Crippen MR) is 131 cm³/mol. The van der Waals surface area contributed by atoms with Crippen LogP contribution in [0.1, 0.15) is 11.1 Å². The number of sulfonamides is 1. The van der Waals surface area contributed by atoms with Crippen LogP contribution in [-0.4, -0.2) is 32.5 Å². The number of aromatic nitrogens is 1. The van der Waals surface area contributed by atoms with Crippen LogP contribution in [0.2, 0.25) is 0 Å². The molecule has 2 N–H and O–H groups in total. The smallest absolute Gasteiger partial charge is 0.243 e. The second kappa shape index (κ2) is 10.5. The molecule has 0 saturated heterocycles. The molecule has 0 aliphatic rings. The van der Waals surface area contributed by atoms with Crippen LogP contribution in [0.25, 0.3) is 10.9 Å². The summed E-state index contributed by atoms with van der Waals surface area (Å²) in [6.45, 7) is 0.256. The van der Waals surface area contributed by atoms with Crippen LogP contribution < -0.4 is 14.8 Å². The van der Waals surface area contributed by atoms with Gasteiger partial charge in [-0.05, 0) is 41.8 Å². The molecule has 0 bridgehead atoms. The van der Waals surface area contributed by atoms with E-state index in [1.54, 1.807) is 49.7 Å². The fourth-order valence-electron chi connectivity index (χ4n) is 3.64. The summed E-state index contributed by atoms with van der Waals surface area (Å²) in [5.74, 6) is 0.296. The Morgan fingerprint density at radius 3 is 2.38 bits per heavy atom. The summed E-state index contributed by atoms with van der Waals surface area (Å²) in [7, 11) is -2.45. The van der Waals surface area contributed by atoms with Gasteiger partial charge in [0.1, 0.15) is 16.7 Å². The van der Waals surface area contributed by atoms with Gasteiger partial charge in [-0.2, -0.15) is 4.72 Å². The lowest BCUT2D eigenvalue weighted by molar-refractivity contribution is -0.122. The third-order valence-corrected chi connectivity index (χ3v) is 6.91. The number of nitrogens with one attached hydrogen (secondary N) is 2. The first kappa shape index (κ1) is 23.4. The average Bonchev–Trinajstić information content (AvgIpc) is 2.87. The number of pyridine rings is 1. The van der Waals surface area contributed by atoms with Crippen LogP contribution in [0.15, 0.2) is 96.0 Å². The SMILES string of the molecule is COc1ccc(CNC(=O)[C@@H](Cc2ccccc2)NS(=O)(=O)c2cccc3cccnc23)cc1. The summed E-state index contributed by atoms with van der Waals surface area (Å²) in [4.78, 5) is 17.4. The lowest BCUT2D eigenvalue weighted by Crippen LogP contribution is -2.47. The van der Waals surface area contributed by atoms with Gasteiger partial charge in [0.2, 0.25) is 15.9 Å². The quantitative estimate of drug-likeness (QED) is 0.387. The Kier molecular flexibility index (Phi) is 7.20. The summed E-state index contributed by atoms with van der Waals surface area (Å²) in [5, 5.41) is 3.55. The summed E-state index contributed by atoms with van der Waals surface area (Å²) in [5.41, 5.74) is 2.06. The Morgan fingerprint density at radius 2 is 1.65 bits per heavy atom. The number of nitrogens with zero attached hydrogens (tertiary/aromatic N) is 1. The number of fused-ring (bicyclic) bond motifs is 1. The largest absolute Gasteiger partial charge is 0.497 e. The third kappa shape index (κ3) is 5.59. The first-order chi connectivity index (χ1) is 16.5. The Labute approximate surface area is 198 Å². The highest BCUT2D eigenvalue weighted by atomic mass is 32.2. The van der Waals surface area contributed by atoms with Crippen molar-refractivity contribution < 1.29 is 17.9 Å². The van der Waals surface area contributed by atoms with Gasteiger partial charge in [0.25, 0.3) is 0 Å². The van der Waals surface area contributed by atoms with Gasteiger partial charge in [-0.1, -0.05) is 60.7 Å². The van der Waals surface area contributed by atoms with E-state index in [1.165, 1.54) is 6.07 Å². The third-order valence-electron chi connectivity index (χ3n) is 5.41. The first-order valence-corrected chi connectivity index (χ1v) is 12.3. The molecule has 8 heteroatoms. The van der Waals surface area contributed by atoms with Crippen LogP contribution in [-0.2, 0) is 27.8 Å².